The highest BCUT2D eigenvalue weighted by Crippen LogP contribution is 2.39. The number of amides is 2. The Hall–Kier alpha value is -4.12. The third-order valence-electron chi connectivity index (χ3n) is 5.60. The average molecular weight is 468 g/mol. The molecule has 7 N–H and O–H groups in total. The maximum absolute atomic E-state index is 14.7. The minimum absolute atomic E-state index is 0.0292. The zero-order valence-electron chi connectivity index (χ0n) is 18.6. The summed E-state index contributed by atoms with van der Waals surface area (Å²) in [6, 6.07) is 6.75. The Morgan fingerprint density at radius 2 is 2.03 bits per heavy atom. The number of carbonyl (C=O) groups excluding carboxylic acids is 2. The minimum Gasteiger partial charge on any atom is -0.494 e. The molecule has 2 heterocycles. The zero-order valence-corrected chi connectivity index (χ0v) is 18.6. The number of pyridine rings is 1. The lowest BCUT2D eigenvalue weighted by Gasteiger charge is -2.13. The van der Waals surface area contributed by atoms with E-state index < -0.39 is 17.6 Å². The number of hydrazine groups is 1. The number of fused-ring (bicyclic) bond motifs is 1. The molecule has 0 spiro atoms. The van der Waals surface area contributed by atoms with Gasteiger partial charge < -0.3 is 25.5 Å². The summed E-state index contributed by atoms with van der Waals surface area (Å²) >= 11 is 0. The first kappa shape index (κ1) is 23.1. The fourth-order valence-electron chi connectivity index (χ4n) is 3.63. The number of halogens is 1. The number of aromatic nitrogens is 2. The smallest absolute Gasteiger partial charge is 0.268 e. The standard InChI is InChI=1S/C23H26FN7O3/c1-34-19-6-5-16(22(32)30-26)17(21(19)24)9-28-23(33)18(25)10-27-8-15-12-31-11-14(13-2-3-13)4-7-20(31)29-15/h4-7,10-13,27H,2-3,8-9,25-26H2,1H3,(H,28,33)(H,30,32)/b18-10-. The summed E-state index contributed by atoms with van der Waals surface area (Å²) in [7, 11) is 1.30. The van der Waals surface area contributed by atoms with Crippen LogP contribution in [0.4, 0.5) is 4.39 Å². The monoisotopic (exact) mass is 467 g/mol. The van der Waals surface area contributed by atoms with Crippen LogP contribution in [-0.2, 0) is 17.9 Å². The summed E-state index contributed by atoms with van der Waals surface area (Å²) in [4.78, 5) is 28.9. The molecule has 1 aliphatic carbocycles. The Kier molecular flexibility index (Phi) is 6.64. The van der Waals surface area contributed by atoms with Crippen LogP contribution >= 0.6 is 0 Å². The Bertz CT molecular complexity index is 1270. The van der Waals surface area contributed by atoms with Crippen LogP contribution in [0.15, 0.2) is 48.6 Å². The van der Waals surface area contributed by atoms with Gasteiger partial charge in [0.05, 0.1) is 19.3 Å². The van der Waals surface area contributed by atoms with Gasteiger partial charge in [-0.1, -0.05) is 6.07 Å². The molecule has 1 aromatic carbocycles. The number of nitrogen functional groups attached to an aromatic ring is 1. The van der Waals surface area contributed by atoms with Gasteiger partial charge in [0.15, 0.2) is 11.6 Å². The molecule has 0 saturated heterocycles. The lowest BCUT2D eigenvalue weighted by atomic mass is 10.1. The zero-order chi connectivity index (χ0) is 24.2. The highest BCUT2D eigenvalue weighted by Gasteiger charge is 2.24. The molecule has 2 amide bonds. The highest BCUT2D eigenvalue weighted by atomic mass is 19.1. The van der Waals surface area contributed by atoms with Crippen molar-refractivity contribution in [2.75, 3.05) is 7.11 Å². The highest BCUT2D eigenvalue weighted by molar-refractivity contribution is 5.96. The number of nitrogens with zero attached hydrogens (tertiary/aromatic N) is 2. The second-order valence-corrected chi connectivity index (χ2v) is 7.98. The molecule has 11 heteroatoms. The largest absolute Gasteiger partial charge is 0.494 e. The van der Waals surface area contributed by atoms with Crippen molar-refractivity contribution in [3.05, 3.63) is 76.8 Å². The number of methoxy groups -OCH3 is 1. The van der Waals surface area contributed by atoms with Crippen molar-refractivity contribution >= 4 is 17.5 Å². The molecule has 3 aromatic rings. The van der Waals surface area contributed by atoms with E-state index in [9.17, 15) is 14.0 Å². The van der Waals surface area contributed by atoms with Crippen molar-refractivity contribution in [3.63, 3.8) is 0 Å². The van der Waals surface area contributed by atoms with Gasteiger partial charge in [-0.3, -0.25) is 15.0 Å². The molecule has 4 rings (SSSR count). The molecular weight excluding hydrogens is 441 g/mol. The van der Waals surface area contributed by atoms with Crippen molar-refractivity contribution in [1.82, 2.24) is 25.4 Å². The van der Waals surface area contributed by atoms with E-state index in [1.54, 1.807) is 0 Å². The van der Waals surface area contributed by atoms with E-state index >= 15 is 0 Å². The molecule has 0 unspecified atom stereocenters. The Labute approximate surface area is 195 Å². The third kappa shape index (κ3) is 4.94. The average Bonchev–Trinajstić information content (AvgIpc) is 3.61. The van der Waals surface area contributed by atoms with E-state index in [1.807, 2.05) is 22.1 Å². The molecule has 0 bridgehead atoms. The number of rotatable bonds is 9. The molecule has 1 aliphatic rings. The summed E-state index contributed by atoms with van der Waals surface area (Å²) in [6.07, 6.45) is 7.83. The van der Waals surface area contributed by atoms with E-state index in [1.165, 1.54) is 43.8 Å². The minimum atomic E-state index is -0.777. The molecular formula is C23H26FN7O3. The van der Waals surface area contributed by atoms with E-state index in [-0.39, 0.29) is 29.1 Å². The molecule has 2 aromatic heterocycles. The first-order valence-corrected chi connectivity index (χ1v) is 10.7. The first-order chi connectivity index (χ1) is 16.4. The number of benzene rings is 1. The number of hydrogen-bond donors (Lipinski definition) is 5. The molecule has 0 radical (unpaired) electrons. The second kappa shape index (κ2) is 9.79. The van der Waals surface area contributed by atoms with Gasteiger partial charge in [-0.15, -0.1) is 0 Å². The number of nitrogens with one attached hydrogen (secondary N) is 3. The van der Waals surface area contributed by atoms with Gasteiger partial charge in [-0.2, -0.15) is 0 Å². The van der Waals surface area contributed by atoms with Crippen molar-refractivity contribution in [2.24, 2.45) is 11.6 Å². The number of ether oxygens (including phenoxy) is 1. The van der Waals surface area contributed by atoms with E-state index in [0.29, 0.717) is 12.5 Å². The summed E-state index contributed by atoms with van der Waals surface area (Å²) in [6.45, 7) is 0.0642. The van der Waals surface area contributed by atoms with Gasteiger partial charge in [0.2, 0.25) is 0 Å². The van der Waals surface area contributed by atoms with Crippen LogP contribution < -0.4 is 32.4 Å². The summed E-state index contributed by atoms with van der Waals surface area (Å²) in [5.41, 5.74) is 10.5. The maximum Gasteiger partial charge on any atom is 0.268 e. The number of imidazole rings is 1. The fraction of sp³-hybridized carbons (Fsp3) is 0.261. The molecule has 10 nitrogen and oxygen atoms in total. The number of carbonyl (C=O) groups is 2. The maximum atomic E-state index is 14.7. The van der Waals surface area contributed by atoms with Crippen LogP contribution in [0.3, 0.4) is 0 Å². The Morgan fingerprint density at radius 3 is 2.74 bits per heavy atom. The number of nitrogens with two attached hydrogens (primary N) is 2. The molecule has 0 atom stereocenters. The molecule has 34 heavy (non-hydrogen) atoms. The van der Waals surface area contributed by atoms with Crippen molar-refractivity contribution in [1.29, 1.82) is 0 Å². The van der Waals surface area contributed by atoms with Crippen LogP contribution in [0.5, 0.6) is 5.75 Å². The van der Waals surface area contributed by atoms with Gasteiger partial charge in [-0.05, 0) is 42.5 Å². The van der Waals surface area contributed by atoms with Crippen LogP contribution in [0.25, 0.3) is 5.65 Å². The van der Waals surface area contributed by atoms with Crippen LogP contribution in [-0.4, -0.2) is 28.3 Å². The van der Waals surface area contributed by atoms with Crippen LogP contribution in [0.2, 0.25) is 0 Å². The van der Waals surface area contributed by atoms with Gasteiger partial charge in [-0.25, -0.2) is 15.2 Å². The van der Waals surface area contributed by atoms with Gasteiger partial charge in [0.1, 0.15) is 11.3 Å². The molecule has 0 aliphatic heterocycles. The SMILES string of the molecule is COc1ccc(C(=O)NN)c(CNC(=O)/C(N)=C/NCc2cn3cc(C4CC4)ccc3n2)c1F. The van der Waals surface area contributed by atoms with E-state index in [4.69, 9.17) is 16.3 Å². The predicted octanol–water partition coefficient (Wildman–Crippen LogP) is 1.17. The number of hydrogen-bond acceptors (Lipinski definition) is 7. The molecule has 1 saturated carbocycles. The normalized spacial score (nSPS) is 13.6. The van der Waals surface area contributed by atoms with Crippen molar-refractivity contribution in [3.8, 4) is 5.75 Å². The summed E-state index contributed by atoms with van der Waals surface area (Å²) in [5, 5.41) is 5.46. The Morgan fingerprint density at radius 1 is 1.24 bits per heavy atom. The lowest BCUT2D eigenvalue weighted by Crippen LogP contribution is -2.33. The van der Waals surface area contributed by atoms with Crippen LogP contribution in [0, 0.1) is 5.82 Å². The van der Waals surface area contributed by atoms with E-state index in [0.717, 1.165) is 11.3 Å². The van der Waals surface area contributed by atoms with Crippen LogP contribution in [0.1, 0.15) is 45.9 Å². The molecule has 178 valence electrons. The van der Waals surface area contributed by atoms with E-state index in [2.05, 4.69) is 27.9 Å². The quantitative estimate of drug-likeness (QED) is 0.137. The van der Waals surface area contributed by atoms with Gasteiger partial charge >= 0.3 is 0 Å². The summed E-state index contributed by atoms with van der Waals surface area (Å²) in [5.74, 6) is 3.63. The topological polar surface area (TPSA) is 149 Å². The third-order valence-corrected chi connectivity index (χ3v) is 5.60. The van der Waals surface area contributed by atoms with Crippen molar-refractivity contribution in [2.45, 2.75) is 31.8 Å². The second-order valence-electron chi connectivity index (χ2n) is 7.98. The fourth-order valence-corrected chi connectivity index (χ4v) is 3.63. The van der Waals surface area contributed by atoms with Gasteiger partial charge in [0.25, 0.3) is 11.8 Å². The Balaban J connectivity index is 1.37. The summed E-state index contributed by atoms with van der Waals surface area (Å²) < 4.78 is 21.6. The first-order valence-electron chi connectivity index (χ1n) is 10.7. The lowest BCUT2D eigenvalue weighted by molar-refractivity contribution is -0.117. The predicted molar refractivity (Wildman–Crippen MR) is 123 cm³/mol. The van der Waals surface area contributed by atoms with Crippen molar-refractivity contribution < 1.29 is 18.7 Å². The molecule has 1 fully saturated rings. The van der Waals surface area contributed by atoms with Gasteiger partial charge in [0, 0.05) is 36.3 Å².